The van der Waals surface area contributed by atoms with E-state index in [0.29, 0.717) is 29.9 Å². The fraction of sp³-hybridized carbons (Fsp3) is 0.621. The van der Waals surface area contributed by atoms with Gasteiger partial charge in [0, 0.05) is 23.2 Å². The van der Waals surface area contributed by atoms with Crippen molar-refractivity contribution in [1.82, 2.24) is 20.0 Å². The molecule has 0 bridgehead atoms. The fourth-order valence-corrected chi connectivity index (χ4v) is 6.13. The second kappa shape index (κ2) is 12.7. The highest BCUT2D eigenvalue weighted by molar-refractivity contribution is 7.90. The monoisotopic (exact) mass is 597 g/mol. The van der Waals surface area contributed by atoms with Gasteiger partial charge in [-0.25, -0.2) is 14.7 Å². The zero-order valence-corrected chi connectivity index (χ0v) is 26.5. The molecule has 224 valence electrons. The van der Waals surface area contributed by atoms with Gasteiger partial charge in [0.05, 0.1) is 5.56 Å². The summed E-state index contributed by atoms with van der Waals surface area (Å²) in [6.45, 7) is 18.4. The van der Waals surface area contributed by atoms with Gasteiger partial charge in [-0.2, -0.15) is 12.8 Å². The van der Waals surface area contributed by atoms with E-state index in [1.807, 2.05) is 25.5 Å². The lowest BCUT2D eigenvalue weighted by Gasteiger charge is -2.28. The number of nitrogens with one attached hydrogen (secondary N) is 3. The highest BCUT2D eigenvalue weighted by Crippen LogP contribution is 2.33. The lowest BCUT2D eigenvalue weighted by Crippen LogP contribution is -2.32. The Labute approximate surface area is 245 Å². The summed E-state index contributed by atoms with van der Waals surface area (Å²) in [5.74, 6) is -0.768. The third-order valence-corrected chi connectivity index (χ3v) is 8.13. The van der Waals surface area contributed by atoms with Crippen molar-refractivity contribution >= 4 is 34.2 Å². The SMILES string of the molecule is CC(C)(C)CC(CNc1cccc(S(=O)(=O)NC(=O)c2ccc(C(C)(C)C)nc2F)n1)C[C@@H]1CNC(C)(C)C1.Cl. The minimum Gasteiger partial charge on any atom is -0.370 e. The number of nitrogens with zero attached hydrogens (tertiary/aromatic N) is 2. The quantitative estimate of drug-likeness (QED) is 0.318. The lowest BCUT2D eigenvalue weighted by atomic mass is 9.79. The Balaban J connectivity index is 0.00000560. The predicted molar refractivity (Wildman–Crippen MR) is 160 cm³/mol. The summed E-state index contributed by atoms with van der Waals surface area (Å²) < 4.78 is 42.4. The van der Waals surface area contributed by atoms with E-state index in [4.69, 9.17) is 0 Å². The summed E-state index contributed by atoms with van der Waals surface area (Å²) >= 11 is 0. The maximum Gasteiger partial charge on any atom is 0.281 e. The summed E-state index contributed by atoms with van der Waals surface area (Å²) in [6.07, 6.45) is 3.19. The van der Waals surface area contributed by atoms with Gasteiger partial charge in [-0.15, -0.1) is 12.4 Å². The molecule has 0 spiro atoms. The molecule has 1 fully saturated rings. The third-order valence-electron chi connectivity index (χ3n) is 6.90. The number of carbonyl (C=O) groups excluding carboxylic acids is 1. The first-order chi connectivity index (χ1) is 17.8. The van der Waals surface area contributed by atoms with Crippen LogP contribution >= 0.6 is 12.4 Å². The molecule has 1 aliphatic rings. The van der Waals surface area contributed by atoms with E-state index in [2.05, 4.69) is 55.2 Å². The van der Waals surface area contributed by atoms with Crippen molar-refractivity contribution in [3.8, 4) is 0 Å². The van der Waals surface area contributed by atoms with Gasteiger partial charge in [0.25, 0.3) is 15.9 Å². The van der Waals surface area contributed by atoms with Crippen molar-refractivity contribution in [2.75, 3.05) is 18.4 Å². The summed E-state index contributed by atoms with van der Waals surface area (Å²) in [4.78, 5) is 20.7. The highest BCUT2D eigenvalue weighted by Gasteiger charge is 2.32. The molecule has 0 radical (unpaired) electrons. The number of sulfonamides is 1. The van der Waals surface area contributed by atoms with Gasteiger partial charge in [-0.1, -0.05) is 47.6 Å². The molecule has 3 heterocycles. The standard InChI is InChI=1S/C29H44FN5O3S.ClH/c1-27(2,3)15-19(14-20-16-29(7,8)32-18-20)17-31-23-10-9-11-24(34-23)39(37,38)35-26(36)21-12-13-22(28(4,5)6)33-25(21)30;/h9-13,19-20,32H,14-18H2,1-8H3,(H,31,34)(H,35,36);1H/t19?,20-;/m0./s1. The molecule has 3 rings (SSSR count). The molecule has 8 nitrogen and oxygen atoms in total. The van der Waals surface area contributed by atoms with Gasteiger partial charge in [-0.05, 0) is 81.2 Å². The van der Waals surface area contributed by atoms with Crippen LogP contribution in [0.1, 0.15) is 90.7 Å². The molecule has 1 amide bonds. The van der Waals surface area contributed by atoms with E-state index < -0.39 is 32.9 Å². The van der Waals surface area contributed by atoms with Crippen molar-refractivity contribution in [3.05, 3.63) is 47.5 Å². The molecule has 0 aliphatic carbocycles. The molecule has 2 aromatic rings. The Morgan fingerprint density at radius 1 is 1.12 bits per heavy atom. The summed E-state index contributed by atoms with van der Waals surface area (Å²) in [5.41, 5.74) is -0.123. The van der Waals surface area contributed by atoms with E-state index in [-0.39, 0.29) is 28.4 Å². The molecule has 3 N–H and O–H groups in total. The molecular weight excluding hydrogens is 553 g/mol. The van der Waals surface area contributed by atoms with Crippen LogP contribution in [0.4, 0.5) is 10.2 Å². The van der Waals surface area contributed by atoms with Gasteiger partial charge in [0.15, 0.2) is 5.03 Å². The Bertz CT molecular complexity index is 1290. The summed E-state index contributed by atoms with van der Waals surface area (Å²) in [6, 6.07) is 7.33. The van der Waals surface area contributed by atoms with Gasteiger partial charge in [-0.3, -0.25) is 4.79 Å². The Hall–Kier alpha value is -2.30. The number of carbonyl (C=O) groups is 1. The summed E-state index contributed by atoms with van der Waals surface area (Å²) in [7, 11) is -4.34. The zero-order chi connectivity index (χ0) is 29.2. The van der Waals surface area contributed by atoms with Crippen LogP contribution in [0.15, 0.2) is 35.4 Å². The largest absolute Gasteiger partial charge is 0.370 e. The van der Waals surface area contributed by atoms with E-state index >= 15 is 0 Å². The zero-order valence-electron chi connectivity index (χ0n) is 24.9. The number of halogens is 2. The Kier molecular flexibility index (Phi) is 10.8. The van der Waals surface area contributed by atoms with Crippen LogP contribution in [0, 0.1) is 23.2 Å². The van der Waals surface area contributed by atoms with Crippen LogP contribution in [0.3, 0.4) is 0 Å². The smallest absolute Gasteiger partial charge is 0.281 e. The van der Waals surface area contributed by atoms with Crippen molar-refractivity contribution in [3.63, 3.8) is 0 Å². The molecular formula is C29H45ClFN5O3S. The van der Waals surface area contributed by atoms with Crippen molar-refractivity contribution in [2.24, 2.45) is 17.3 Å². The number of rotatable bonds is 9. The molecule has 1 unspecified atom stereocenters. The first-order valence-corrected chi connectivity index (χ1v) is 15.0. The molecule has 2 aromatic heterocycles. The summed E-state index contributed by atoms with van der Waals surface area (Å²) in [5, 5.41) is 6.58. The van der Waals surface area contributed by atoms with Gasteiger partial charge in [0.2, 0.25) is 5.95 Å². The third kappa shape index (κ3) is 9.66. The first kappa shape index (κ1) is 33.9. The maximum absolute atomic E-state index is 14.6. The van der Waals surface area contributed by atoms with Crippen LogP contribution in [0.2, 0.25) is 0 Å². The first-order valence-electron chi connectivity index (χ1n) is 13.5. The topological polar surface area (TPSA) is 113 Å². The minimum atomic E-state index is -4.34. The second-order valence-electron chi connectivity index (χ2n) is 13.7. The van der Waals surface area contributed by atoms with Crippen LogP contribution in [0.5, 0.6) is 0 Å². The molecule has 1 saturated heterocycles. The minimum absolute atomic E-state index is 0. The van der Waals surface area contributed by atoms with E-state index in [1.165, 1.54) is 18.2 Å². The molecule has 0 aromatic carbocycles. The van der Waals surface area contributed by atoms with Gasteiger partial charge in [0.1, 0.15) is 5.82 Å². The normalized spacial score (nSPS) is 18.1. The highest BCUT2D eigenvalue weighted by atomic mass is 35.5. The predicted octanol–water partition coefficient (Wildman–Crippen LogP) is 5.70. The van der Waals surface area contributed by atoms with Crippen molar-refractivity contribution in [2.45, 2.75) is 90.6 Å². The van der Waals surface area contributed by atoms with E-state index in [9.17, 15) is 17.6 Å². The Morgan fingerprint density at radius 2 is 1.80 bits per heavy atom. The average Bonchev–Trinajstić information content (AvgIpc) is 3.13. The maximum atomic E-state index is 14.6. The number of pyridine rings is 2. The van der Waals surface area contributed by atoms with Crippen LogP contribution in [-0.2, 0) is 15.4 Å². The number of hydrogen-bond donors (Lipinski definition) is 3. The number of anilines is 1. The van der Waals surface area contributed by atoms with E-state index in [1.54, 1.807) is 12.1 Å². The fourth-order valence-electron chi connectivity index (χ4n) is 5.19. The Morgan fingerprint density at radius 3 is 2.35 bits per heavy atom. The number of amides is 1. The molecule has 2 atom stereocenters. The average molecular weight is 598 g/mol. The molecule has 40 heavy (non-hydrogen) atoms. The van der Waals surface area contributed by atoms with Gasteiger partial charge >= 0.3 is 0 Å². The van der Waals surface area contributed by atoms with Crippen LogP contribution in [-0.4, -0.2) is 42.9 Å². The lowest BCUT2D eigenvalue weighted by molar-refractivity contribution is 0.0976. The molecule has 0 saturated carbocycles. The van der Waals surface area contributed by atoms with Gasteiger partial charge < -0.3 is 10.6 Å². The van der Waals surface area contributed by atoms with Crippen molar-refractivity contribution in [1.29, 1.82) is 0 Å². The molecule has 11 heteroatoms. The number of aromatic nitrogens is 2. The van der Waals surface area contributed by atoms with Crippen LogP contribution in [0.25, 0.3) is 0 Å². The van der Waals surface area contributed by atoms with Crippen LogP contribution < -0.4 is 15.4 Å². The molecule has 1 aliphatic heterocycles. The number of hydrogen-bond acceptors (Lipinski definition) is 7. The second-order valence-corrected chi connectivity index (χ2v) is 15.3. The van der Waals surface area contributed by atoms with Crippen molar-refractivity contribution < 1.29 is 17.6 Å². The van der Waals surface area contributed by atoms with E-state index in [0.717, 1.165) is 25.8 Å².